The molecule has 1 aromatic rings. The molecule has 116 valence electrons. The Kier molecular flexibility index (Phi) is 6.43. The van der Waals surface area contributed by atoms with E-state index in [1.165, 1.54) is 31.2 Å². The molecule has 0 saturated heterocycles. The smallest absolute Gasteiger partial charge is 0.260 e. The fourth-order valence-corrected chi connectivity index (χ4v) is 3.69. The molecule has 0 aromatic heterocycles. The van der Waals surface area contributed by atoms with Crippen LogP contribution in [0.1, 0.15) is 38.2 Å². The quantitative estimate of drug-likeness (QED) is 0.783. The lowest BCUT2D eigenvalue weighted by Crippen LogP contribution is -2.37. The first-order valence-corrected chi connectivity index (χ1v) is 8.82. The zero-order valence-corrected chi connectivity index (χ0v) is 13.7. The van der Waals surface area contributed by atoms with E-state index >= 15 is 0 Å². The normalized spacial score (nSPS) is 16.7. The van der Waals surface area contributed by atoms with Crippen molar-refractivity contribution in [3.05, 3.63) is 29.8 Å². The van der Waals surface area contributed by atoms with Crippen LogP contribution in [0.25, 0.3) is 0 Å². The van der Waals surface area contributed by atoms with E-state index in [4.69, 9.17) is 4.74 Å². The van der Waals surface area contributed by atoms with Crippen LogP contribution in [0.2, 0.25) is 0 Å². The molecule has 21 heavy (non-hydrogen) atoms. The summed E-state index contributed by atoms with van der Waals surface area (Å²) in [6.45, 7) is 4.54. The van der Waals surface area contributed by atoms with Crippen molar-refractivity contribution in [1.29, 1.82) is 0 Å². The average Bonchev–Trinajstić information content (AvgIpc) is 2.99. The highest BCUT2D eigenvalue weighted by molar-refractivity contribution is 7.99. The molecule has 1 N–H and O–H groups in total. The largest absolute Gasteiger partial charge is 0.481 e. The minimum Gasteiger partial charge on any atom is -0.481 e. The number of carbonyl (C=O) groups excluding carboxylic acids is 1. The predicted molar refractivity (Wildman–Crippen MR) is 89.0 cm³/mol. The molecule has 1 fully saturated rings. The fourth-order valence-electron chi connectivity index (χ4n) is 2.47. The molecule has 0 unspecified atom stereocenters. The molecule has 0 aliphatic heterocycles. The van der Waals surface area contributed by atoms with Crippen molar-refractivity contribution in [1.82, 2.24) is 5.32 Å². The second-order valence-electron chi connectivity index (χ2n) is 5.64. The maximum atomic E-state index is 12.0. The first-order chi connectivity index (χ1) is 10.1. The number of carbonyl (C=O) groups is 1. The number of benzene rings is 1. The minimum absolute atomic E-state index is 0.0393. The number of thioether (sulfide) groups is 1. The summed E-state index contributed by atoms with van der Waals surface area (Å²) in [5.74, 6) is 1.69. The Balaban J connectivity index is 1.63. The highest BCUT2D eigenvalue weighted by atomic mass is 32.2. The highest BCUT2D eigenvalue weighted by Gasteiger charge is 2.16. The molecule has 0 bridgehead atoms. The van der Waals surface area contributed by atoms with Crippen molar-refractivity contribution in [2.24, 2.45) is 0 Å². The van der Waals surface area contributed by atoms with Crippen LogP contribution in [0, 0.1) is 6.92 Å². The first-order valence-electron chi connectivity index (χ1n) is 7.78. The Morgan fingerprint density at radius 3 is 2.67 bits per heavy atom. The van der Waals surface area contributed by atoms with Gasteiger partial charge in [-0.25, -0.2) is 0 Å². The van der Waals surface area contributed by atoms with Gasteiger partial charge in [-0.15, -0.1) is 0 Å². The fraction of sp³-hybridized carbons (Fsp3) is 0.588. The Bertz CT molecular complexity index is 441. The summed E-state index contributed by atoms with van der Waals surface area (Å²) in [5, 5.41) is 3.76. The van der Waals surface area contributed by atoms with Crippen LogP contribution in [0.3, 0.4) is 0 Å². The standard InChI is InChI=1S/C17H25NO2S/c1-13-7-9-15(10-8-13)20-14(2)17(19)18-11-12-21-16-5-3-4-6-16/h7-10,14,16H,3-6,11-12H2,1-2H3,(H,18,19)/t14-/m1/s1. The van der Waals surface area contributed by atoms with Crippen molar-refractivity contribution in [2.75, 3.05) is 12.3 Å². The summed E-state index contributed by atoms with van der Waals surface area (Å²) in [7, 11) is 0. The lowest BCUT2D eigenvalue weighted by Gasteiger charge is -2.15. The molecule has 1 atom stereocenters. The predicted octanol–water partition coefficient (Wildman–Crippen LogP) is 3.55. The number of hydrogen-bond donors (Lipinski definition) is 1. The summed E-state index contributed by atoms with van der Waals surface area (Å²) in [4.78, 5) is 12.0. The van der Waals surface area contributed by atoms with Gasteiger partial charge >= 0.3 is 0 Å². The number of amides is 1. The van der Waals surface area contributed by atoms with Crippen molar-refractivity contribution in [3.8, 4) is 5.75 Å². The molecule has 1 aliphatic rings. The molecule has 3 nitrogen and oxygen atoms in total. The van der Waals surface area contributed by atoms with Gasteiger partial charge in [0.1, 0.15) is 5.75 Å². The van der Waals surface area contributed by atoms with E-state index in [1.54, 1.807) is 6.92 Å². The van der Waals surface area contributed by atoms with Gasteiger partial charge in [0, 0.05) is 17.5 Å². The van der Waals surface area contributed by atoms with Crippen molar-refractivity contribution < 1.29 is 9.53 Å². The minimum atomic E-state index is -0.454. The molecule has 1 saturated carbocycles. The third-order valence-corrected chi connectivity index (χ3v) is 5.14. The summed E-state index contributed by atoms with van der Waals surface area (Å²) < 4.78 is 5.64. The van der Waals surface area contributed by atoms with Gasteiger partial charge in [-0.1, -0.05) is 30.5 Å². The van der Waals surface area contributed by atoms with Gasteiger partial charge in [0.15, 0.2) is 6.10 Å². The van der Waals surface area contributed by atoms with Crippen LogP contribution in [-0.4, -0.2) is 29.6 Å². The van der Waals surface area contributed by atoms with E-state index in [0.29, 0.717) is 0 Å². The Labute approximate surface area is 131 Å². The topological polar surface area (TPSA) is 38.3 Å². The number of rotatable bonds is 7. The van der Waals surface area contributed by atoms with Gasteiger partial charge in [0.2, 0.25) is 0 Å². The lowest BCUT2D eigenvalue weighted by molar-refractivity contribution is -0.127. The van der Waals surface area contributed by atoms with Crippen LogP contribution < -0.4 is 10.1 Å². The Morgan fingerprint density at radius 1 is 1.33 bits per heavy atom. The lowest BCUT2D eigenvalue weighted by atomic mass is 10.2. The summed E-state index contributed by atoms with van der Waals surface area (Å²) in [6.07, 6.45) is 4.96. The van der Waals surface area contributed by atoms with Gasteiger partial charge < -0.3 is 10.1 Å². The van der Waals surface area contributed by atoms with Crippen molar-refractivity contribution >= 4 is 17.7 Å². The Hall–Kier alpha value is -1.16. The van der Waals surface area contributed by atoms with E-state index in [9.17, 15) is 4.79 Å². The molecule has 0 radical (unpaired) electrons. The number of nitrogens with one attached hydrogen (secondary N) is 1. The van der Waals surface area contributed by atoms with Crippen molar-refractivity contribution in [3.63, 3.8) is 0 Å². The molecule has 0 heterocycles. The van der Waals surface area contributed by atoms with Crippen LogP contribution >= 0.6 is 11.8 Å². The van der Waals surface area contributed by atoms with Crippen LogP contribution in [-0.2, 0) is 4.79 Å². The zero-order valence-electron chi connectivity index (χ0n) is 12.9. The van der Waals surface area contributed by atoms with E-state index in [2.05, 4.69) is 5.32 Å². The molecule has 0 spiro atoms. The van der Waals surface area contributed by atoms with Gasteiger partial charge in [0.05, 0.1) is 0 Å². The summed E-state index contributed by atoms with van der Waals surface area (Å²) in [6, 6.07) is 7.76. The number of ether oxygens (including phenoxy) is 1. The summed E-state index contributed by atoms with van der Waals surface area (Å²) in [5.41, 5.74) is 1.18. The average molecular weight is 307 g/mol. The Morgan fingerprint density at radius 2 is 2.00 bits per heavy atom. The monoisotopic (exact) mass is 307 g/mol. The van der Waals surface area contributed by atoms with Gasteiger partial charge in [-0.2, -0.15) is 11.8 Å². The first kappa shape index (κ1) is 16.2. The highest BCUT2D eigenvalue weighted by Crippen LogP contribution is 2.28. The maximum Gasteiger partial charge on any atom is 0.260 e. The van der Waals surface area contributed by atoms with Gasteiger partial charge in [-0.05, 0) is 38.8 Å². The third kappa shape index (κ3) is 5.62. The van der Waals surface area contributed by atoms with Crippen LogP contribution in [0.5, 0.6) is 5.75 Å². The zero-order chi connectivity index (χ0) is 15.1. The van der Waals surface area contributed by atoms with Gasteiger partial charge in [0.25, 0.3) is 5.91 Å². The van der Waals surface area contributed by atoms with Crippen molar-refractivity contribution in [2.45, 2.75) is 50.9 Å². The molecular weight excluding hydrogens is 282 g/mol. The third-order valence-electron chi connectivity index (χ3n) is 3.76. The van der Waals surface area contributed by atoms with Crippen LogP contribution in [0.15, 0.2) is 24.3 Å². The van der Waals surface area contributed by atoms with Crippen LogP contribution in [0.4, 0.5) is 0 Å². The molecule has 1 aromatic carbocycles. The van der Waals surface area contributed by atoms with E-state index in [0.717, 1.165) is 23.3 Å². The second kappa shape index (κ2) is 8.32. The molecule has 4 heteroatoms. The van der Waals surface area contributed by atoms with E-state index in [-0.39, 0.29) is 5.91 Å². The number of hydrogen-bond acceptors (Lipinski definition) is 3. The molecular formula is C17H25NO2S. The second-order valence-corrected chi connectivity index (χ2v) is 7.05. The van der Waals surface area contributed by atoms with Gasteiger partial charge in [-0.3, -0.25) is 4.79 Å². The molecule has 2 rings (SSSR count). The molecule has 1 aliphatic carbocycles. The molecule has 1 amide bonds. The van der Waals surface area contributed by atoms with E-state index < -0.39 is 6.10 Å². The SMILES string of the molecule is Cc1ccc(O[C@H](C)C(=O)NCCSC2CCCC2)cc1. The maximum absolute atomic E-state index is 12.0. The van der Waals surface area contributed by atoms with E-state index in [1.807, 2.05) is 43.0 Å². The number of aryl methyl sites for hydroxylation is 1. The summed E-state index contributed by atoms with van der Waals surface area (Å²) >= 11 is 1.99.